The predicted octanol–water partition coefficient (Wildman–Crippen LogP) is 3.57. The number of amidine groups is 1. The van der Waals surface area contributed by atoms with Gasteiger partial charge in [-0.05, 0) is 36.1 Å². The maximum absolute atomic E-state index is 11.0. The lowest BCUT2D eigenvalue weighted by Gasteiger charge is -2.31. The minimum atomic E-state index is -0.687. The summed E-state index contributed by atoms with van der Waals surface area (Å²) >= 11 is 1.45. The van der Waals surface area contributed by atoms with E-state index in [-0.39, 0.29) is 5.92 Å². The molecule has 0 aromatic heterocycles. The molecule has 1 aliphatic heterocycles. The van der Waals surface area contributed by atoms with Crippen LogP contribution in [0, 0.1) is 5.92 Å². The van der Waals surface area contributed by atoms with Crippen LogP contribution in [0.2, 0.25) is 0 Å². The molecule has 3 N–H and O–H groups in total. The largest absolute Gasteiger partial charge is 0.481 e. The minimum absolute atomic E-state index is 0.217. The molecule has 0 amide bonds. The number of rotatable bonds is 6. The van der Waals surface area contributed by atoms with E-state index >= 15 is 0 Å². The quantitative estimate of drug-likeness (QED) is 0.442. The highest BCUT2D eigenvalue weighted by atomic mass is 32.2. The summed E-state index contributed by atoms with van der Waals surface area (Å²) in [6, 6.07) is 18.1. The van der Waals surface area contributed by atoms with Gasteiger partial charge in [-0.15, -0.1) is 5.10 Å². The average molecular weight is 397 g/mol. The lowest BCUT2D eigenvalue weighted by Crippen LogP contribution is -2.36. The van der Waals surface area contributed by atoms with E-state index in [0.717, 1.165) is 30.1 Å². The number of piperidine rings is 1. The van der Waals surface area contributed by atoms with Gasteiger partial charge in [0, 0.05) is 24.5 Å². The Balaban J connectivity index is 1.49. The van der Waals surface area contributed by atoms with Crippen molar-refractivity contribution < 1.29 is 9.90 Å². The molecule has 0 atom stereocenters. The summed E-state index contributed by atoms with van der Waals surface area (Å²) in [6.07, 6.45) is 3.05. The number of nitrogens with two attached hydrogens (primary N) is 1. The van der Waals surface area contributed by atoms with Gasteiger partial charge in [0.25, 0.3) is 0 Å². The number of benzene rings is 2. The van der Waals surface area contributed by atoms with Crippen LogP contribution in [0.5, 0.6) is 0 Å². The average Bonchev–Trinajstić information content (AvgIpc) is 2.73. The van der Waals surface area contributed by atoms with Gasteiger partial charge in [0.15, 0.2) is 5.17 Å². The van der Waals surface area contributed by atoms with E-state index in [4.69, 9.17) is 10.8 Å². The summed E-state index contributed by atoms with van der Waals surface area (Å²) in [5.41, 5.74) is 9.12. The molecule has 1 saturated heterocycles. The van der Waals surface area contributed by atoms with Gasteiger partial charge in [-0.1, -0.05) is 54.2 Å². The fourth-order valence-corrected chi connectivity index (χ4v) is 3.68. The van der Waals surface area contributed by atoms with Gasteiger partial charge < -0.3 is 15.7 Å². The standard InChI is InChI=1S/C21H24N4O2S/c22-21(28-15-17-4-2-1-3-5-17)24-23-14-16-6-8-19(9-7-16)25-12-10-18(11-13-25)20(26)27/h1-9,14,18H,10-13,15H2,(H2,22,24)(H,26,27). The van der Waals surface area contributed by atoms with Crippen molar-refractivity contribution in [1.82, 2.24) is 0 Å². The van der Waals surface area contributed by atoms with Gasteiger partial charge >= 0.3 is 5.97 Å². The first kappa shape index (κ1) is 19.9. The zero-order valence-electron chi connectivity index (χ0n) is 15.6. The number of thioether (sulfide) groups is 1. The zero-order valence-corrected chi connectivity index (χ0v) is 16.4. The van der Waals surface area contributed by atoms with Gasteiger partial charge in [0.2, 0.25) is 0 Å². The van der Waals surface area contributed by atoms with Crippen LogP contribution < -0.4 is 10.6 Å². The summed E-state index contributed by atoms with van der Waals surface area (Å²) in [5, 5.41) is 17.6. The van der Waals surface area contributed by atoms with E-state index in [1.165, 1.54) is 17.3 Å². The van der Waals surface area contributed by atoms with Crippen LogP contribution in [0.1, 0.15) is 24.0 Å². The number of nitrogens with zero attached hydrogens (tertiary/aromatic N) is 3. The van der Waals surface area contributed by atoms with E-state index in [9.17, 15) is 4.79 Å². The number of anilines is 1. The Morgan fingerprint density at radius 3 is 2.46 bits per heavy atom. The van der Waals surface area contributed by atoms with Gasteiger partial charge in [-0.2, -0.15) is 5.10 Å². The Morgan fingerprint density at radius 2 is 1.82 bits per heavy atom. The van der Waals surface area contributed by atoms with Crippen LogP contribution in [0.15, 0.2) is 64.8 Å². The first-order valence-electron chi connectivity index (χ1n) is 9.23. The van der Waals surface area contributed by atoms with Gasteiger partial charge in [0.05, 0.1) is 12.1 Å². The normalized spacial score (nSPS) is 15.9. The third kappa shape index (κ3) is 5.85. The molecule has 0 bridgehead atoms. The maximum atomic E-state index is 11.0. The third-order valence-electron chi connectivity index (χ3n) is 4.70. The Kier molecular flexibility index (Phi) is 7.08. The number of carboxylic acids is 1. The van der Waals surface area contributed by atoms with Crippen molar-refractivity contribution in [3.8, 4) is 0 Å². The summed E-state index contributed by atoms with van der Waals surface area (Å²) in [4.78, 5) is 13.3. The van der Waals surface area contributed by atoms with Crippen molar-refractivity contribution in [1.29, 1.82) is 0 Å². The number of aliphatic carboxylic acids is 1. The van der Waals surface area contributed by atoms with Crippen molar-refractivity contribution in [3.05, 3.63) is 65.7 Å². The van der Waals surface area contributed by atoms with E-state index in [1.807, 2.05) is 42.5 Å². The summed E-state index contributed by atoms with van der Waals surface area (Å²) in [6.45, 7) is 1.54. The van der Waals surface area contributed by atoms with Crippen LogP contribution in [0.25, 0.3) is 0 Å². The van der Waals surface area contributed by atoms with Crippen molar-refractivity contribution in [2.45, 2.75) is 18.6 Å². The molecule has 1 fully saturated rings. The molecule has 146 valence electrons. The molecular weight excluding hydrogens is 372 g/mol. The molecule has 0 unspecified atom stereocenters. The molecule has 1 heterocycles. The minimum Gasteiger partial charge on any atom is -0.481 e. The van der Waals surface area contributed by atoms with Crippen LogP contribution in [0.3, 0.4) is 0 Å². The lowest BCUT2D eigenvalue weighted by atomic mass is 9.96. The predicted molar refractivity (Wildman–Crippen MR) is 116 cm³/mol. The molecular formula is C21H24N4O2S. The number of hydrogen-bond acceptors (Lipinski definition) is 5. The first-order chi connectivity index (χ1) is 13.6. The Labute approximate surface area is 169 Å². The zero-order chi connectivity index (χ0) is 19.8. The fourth-order valence-electron chi connectivity index (χ4n) is 3.07. The monoisotopic (exact) mass is 396 g/mol. The molecule has 3 rings (SSSR count). The van der Waals surface area contributed by atoms with E-state index < -0.39 is 5.97 Å². The first-order valence-corrected chi connectivity index (χ1v) is 10.2. The second-order valence-electron chi connectivity index (χ2n) is 6.65. The smallest absolute Gasteiger partial charge is 0.306 e. The molecule has 6 nitrogen and oxygen atoms in total. The van der Waals surface area contributed by atoms with E-state index in [1.54, 1.807) is 6.21 Å². The summed E-state index contributed by atoms with van der Waals surface area (Å²) in [7, 11) is 0. The van der Waals surface area contributed by atoms with Crippen LogP contribution in [-0.2, 0) is 10.5 Å². The molecule has 1 aliphatic rings. The van der Waals surface area contributed by atoms with Crippen molar-refractivity contribution in [2.24, 2.45) is 21.9 Å². The second-order valence-corrected chi connectivity index (χ2v) is 7.64. The molecule has 2 aromatic carbocycles. The Morgan fingerprint density at radius 1 is 1.14 bits per heavy atom. The van der Waals surface area contributed by atoms with Gasteiger partial charge in [-0.25, -0.2) is 0 Å². The van der Waals surface area contributed by atoms with Crippen molar-refractivity contribution in [3.63, 3.8) is 0 Å². The molecule has 28 heavy (non-hydrogen) atoms. The van der Waals surface area contributed by atoms with Crippen molar-refractivity contribution >= 4 is 34.8 Å². The third-order valence-corrected chi connectivity index (χ3v) is 5.55. The number of carboxylic acid groups (broad SMARTS) is 1. The maximum Gasteiger partial charge on any atom is 0.306 e. The molecule has 7 heteroatoms. The van der Waals surface area contributed by atoms with Gasteiger partial charge in [-0.3, -0.25) is 4.79 Å². The Bertz CT molecular complexity index is 829. The van der Waals surface area contributed by atoms with Crippen molar-refractivity contribution in [2.75, 3.05) is 18.0 Å². The Hall–Kier alpha value is -2.80. The van der Waals surface area contributed by atoms with E-state index in [0.29, 0.717) is 18.0 Å². The van der Waals surface area contributed by atoms with Crippen LogP contribution in [-0.4, -0.2) is 35.5 Å². The van der Waals surface area contributed by atoms with Gasteiger partial charge in [0.1, 0.15) is 0 Å². The highest BCUT2D eigenvalue weighted by Crippen LogP contribution is 2.23. The number of carbonyl (C=O) groups is 1. The molecule has 2 aromatic rings. The summed E-state index contributed by atoms with van der Waals surface area (Å²) < 4.78 is 0. The highest BCUT2D eigenvalue weighted by molar-refractivity contribution is 8.13. The highest BCUT2D eigenvalue weighted by Gasteiger charge is 2.24. The molecule has 0 spiro atoms. The van der Waals surface area contributed by atoms with Crippen LogP contribution in [0.4, 0.5) is 5.69 Å². The topological polar surface area (TPSA) is 91.3 Å². The number of hydrogen-bond donors (Lipinski definition) is 2. The lowest BCUT2D eigenvalue weighted by molar-refractivity contribution is -0.142. The molecule has 0 radical (unpaired) electrons. The molecule has 0 saturated carbocycles. The molecule has 0 aliphatic carbocycles. The summed E-state index contributed by atoms with van der Waals surface area (Å²) in [5.74, 6) is -0.141. The second kappa shape index (κ2) is 9.94. The SMILES string of the molecule is NC(=NN=Cc1ccc(N2CCC(C(=O)O)CC2)cc1)SCc1ccccc1. The van der Waals surface area contributed by atoms with Crippen LogP contribution >= 0.6 is 11.8 Å². The fraction of sp³-hybridized carbons (Fsp3) is 0.286. The van der Waals surface area contributed by atoms with E-state index in [2.05, 4.69) is 27.2 Å².